The van der Waals surface area contributed by atoms with Crippen LogP contribution in [0, 0.1) is 5.92 Å². The third-order valence-electron chi connectivity index (χ3n) is 4.61. The van der Waals surface area contributed by atoms with Crippen molar-refractivity contribution in [2.45, 2.75) is 77.6 Å². The zero-order valence-electron chi connectivity index (χ0n) is 12.7. The molecule has 0 amide bonds. The zero-order chi connectivity index (χ0) is 13.3. The van der Waals surface area contributed by atoms with E-state index in [1.54, 1.807) is 0 Å². The predicted octanol–water partition coefficient (Wildman–Crippen LogP) is 5.93. The van der Waals surface area contributed by atoms with Crippen molar-refractivity contribution in [1.82, 2.24) is 0 Å². The molecule has 0 aliphatic heterocycles. The maximum Gasteiger partial charge on any atom is -0.0279 e. The van der Waals surface area contributed by atoms with Crippen molar-refractivity contribution < 1.29 is 0 Å². The van der Waals surface area contributed by atoms with E-state index in [1.165, 1.54) is 81.8 Å². The van der Waals surface area contributed by atoms with Crippen LogP contribution >= 0.6 is 0 Å². The third kappa shape index (κ3) is 5.38. The highest BCUT2D eigenvalue weighted by atomic mass is 14.2. The molecule has 1 aliphatic rings. The molecule has 0 heterocycles. The Morgan fingerprint density at radius 1 is 0.842 bits per heavy atom. The Morgan fingerprint density at radius 3 is 2.11 bits per heavy atom. The molecule has 0 aromatic heterocycles. The Balaban J connectivity index is 1.62. The molecule has 1 saturated carbocycles. The van der Waals surface area contributed by atoms with E-state index in [-0.39, 0.29) is 0 Å². The molecule has 0 atom stereocenters. The minimum atomic E-state index is 1.06. The van der Waals surface area contributed by atoms with Crippen molar-refractivity contribution in [3.63, 3.8) is 0 Å². The number of unbranched alkanes of at least 4 members (excludes halogenated alkanes) is 1. The maximum absolute atomic E-state index is 2.34. The highest BCUT2D eigenvalue weighted by Gasteiger charge is 2.12. The third-order valence-corrected chi connectivity index (χ3v) is 4.61. The van der Waals surface area contributed by atoms with Gasteiger partial charge in [-0.1, -0.05) is 82.6 Å². The normalized spacial score (nSPS) is 16.7. The Morgan fingerprint density at radius 2 is 1.47 bits per heavy atom. The Kier molecular flexibility index (Phi) is 6.47. The van der Waals surface area contributed by atoms with Gasteiger partial charge in [0.25, 0.3) is 0 Å². The molecule has 0 saturated heterocycles. The summed E-state index contributed by atoms with van der Waals surface area (Å²) >= 11 is 0. The van der Waals surface area contributed by atoms with Gasteiger partial charge in [-0.3, -0.25) is 0 Å². The van der Waals surface area contributed by atoms with Gasteiger partial charge in [0.15, 0.2) is 0 Å². The minimum absolute atomic E-state index is 1.06. The SMILES string of the molecule is CCCc1ccc(CCCCC2CCCCC2)cc1. The molecule has 0 bridgehead atoms. The van der Waals surface area contributed by atoms with E-state index in [0.717, 1.165) is 5.92 Å². The molecule has 1 aliphatic carbocycles. The fourth-order valence-electron chi connectivity index (χ4n) is 3.40. The van der Waals surface area contributed by atoms with E-state index in [4.69, 9.17) is 0 Å². The van der Waals surface area contributed by atoms with Crippen LogP contribution in [0.1, 0.15) is 75.8 Å². The van der Waals surface area contributed by atoms with Crippen molar-refractivity contribution in [3.8, 4) is 0 Å². The number of hydrogen-bond acceptors (Lipinski definition) is 0. The van der Waals surface area contributed by atoms with Crippen LogP contribution < -0.4 is 0 Å². The second-order valence-electron chi connectivity index (χ2n) is 6.32. The van der Waals surface area contributed by atoms with Crippen LogP contribution in [0.4, 0.5) is 0 Å². The van der Waals surface area contributed by atoms with E-state index < -0.39 is 0 Å². The summed E-state index contributed by atoms with van der Waals surface area (Å²) in [5, 5.41) is 0. The van der Waals surface area contributed by atoms with Crippen LogP contribution in [-0.2, 0) is 12.8 Å². The topological polar surface area (TPSA) is 0 Å². The van der Waals surface area contributed by atoms with Gasteiger partial charge < -0.3 is 0 Å². The molecule has 1 aromatic rings. The fourth-order valence-corrected chi connectivity index (χ4v) is 3.40. The summed E-state index contributed by atoms with van der Waals surface area (Å²) in [6.07, 6.45) is 15.5. The van der Waals surface area contributed by atoms with Gasteiger partial charge in [-0.25, -0.2) is 0 Å². The minimum Gasteiger partial charge on any atom is -0.0651 e. The molecule has 0 radical (unpaired) electrons. The molecule has 1 fully saturated rings. The van der Waals surface area contributed by atoms with Crippen molar-refractivity contribution in [1.29, 1.82) is 0 Å². The zero-order valence-corrected chi connectivity index (χ0v) is 12.7. The second-order valence-corrected chi connectivity index (χ2v) is 6.32. The van der Waals surface area contributed by atoms with Gasteiger partial charge in [-0.2, -0.15) is 0 Å². The van der Waals surface area contributed by atoms with E-state index in [9.17, 15) is 0 Å². The van der Waals surface area contributed by atoms with Crippen molar-refractivity contribution >= 4 is 0 Å². The summed E-state index contributed by atoms with van der Waals surface area (Å²) in [5.74, 6) is 1.06. The van der Waals surface area contributed by atoms with Gasteiger partial charge in [0.1, 0.15) is 0 Å². The largest absolute Gasteiger partial charge is 0.0651 e. The molecular weight excluding hydrogens is 228 g/mol. The highest BCUT2D eigenvalue weighted by Crippen LogP contribution is 2.27. The van der Waals surface area contributed by atoms with Gasteiger partial charge in [0, 0.05) is 0 Å². The van der Waals surface area contributed by atoms with Gasteiger partial charge >= 0.3 is 0 Å². The fraction of sp³-hybridized carbons (Fsp3) is 0.684. The van der Waals surface area contributed by atoms with Crippen LogP contribution in [0.5, 0.6) is 0 Å². The first-order valence-corrected chi connectivity index (χ1v) is 8.46. The van der Waals surface area contributed by atoms with Crippen molar-refractivity contribution in [3.05, 3.63) is 35.4 Å². The average Bonchev–Trinajstić information content (AvgIpc) is 2.47. The summed E-state index contributed by atoms with van der Waals surface area (Å²) in [4.78, 5) is 0. The van der Waals surface area contributed by atoms with Crippen LogP contribution in [-0.4, -0.2) is 0 Å². The lowest BCUT2D eigenvalue weighted by Gasteiger charge is -2.21. The lowest BCUT2D eigenvalue weighted by atomic mass is 9.85. The second kappa shape index (κ2) is 8.40. The molecule has 106 valence electrons. The number of aryl methyl sites for hydroxylation is 2. The molecule has 1 aromatic carbocycles. The van der Waals surface area contributed by atoms with E-state index in [0.29, 0.717) is 0 Å². The van der Waals surface area contributed by atoms with Gasteiger partial charge in [-0.15, -0.1) is 0 Å². The standard InChI is InChI=1S/C19H30/c1-2-8-17-13-15-19(16-14-17)12-7-6-11-18-9-4-3-5-10-18/h13-16,18H,2-12H2,1H3. The van der Waals surface area contributed by atoms with Gasteiger partial charge in [-0.05, 0) is 36.3 Å². The average molecular weight is 258 g/mol. The Hall–Kier alpha value is -0.780. The summed E-state index contributed by atoms with van der Waals surface area (Å²) in [5.41, 5.74) is 3.02. The quantitative estimate of drug-likeness (QED) is 0.531. The monoisotopic (exact) mass is 258 g/mol. The predicted molar refractivity (Wildman–Crippen MR) is 84.6 cm³/mol. The Labute approximate surface area is 119 Å². The first kappa shape index (κ1) is 14.6. The molecule has 0 heteroatoms. The van der Waals surface area contributed by atoms with Gasteiger partial charge in [0.05, 0.1) is 0 Å². The first-order valence-electron chi connectivity index (χ1n) is 8.46. The highest BCUT2D eigenvalue weighted by molar-refractivity contribution is 5.22. The summed E-state index contributed by atoms with van der Waals surface area (Å²) in [6.45, 7) is 2.25. The van der Waals surface area contributed by atoms with Crippen LogP contribution in [0.25, 0.3) is 0 Å². The smallest absolute Gasteiger partial charge is 0.0279 e. The summed E-state index contributed by atoms with van der Waals surface area (Å²) in [7, 11) is 0. The van der Waals surface area contributed by atoms with E-state index in [1.807, 2.05) is 0 Å². The van der Waals surface area contributed by atoms with Crippen molar-refractivity contribution in [2.75, 3.05) is 0 Å². The van der Waals surface area contributed by atoms with E-state index in [2.05, 4.69) is 31.2 Å². The molecule has 2 rings (SSSR count). The Bertz CT molecular complexity index is 330. The molecule has 19 heavy (non-hydrogen) atoms. The molecular formula is C19H30. The summed E-state index contributed by atoms with van der Waals surface area (Å²) in [6, 6.07) is 9.32. The molecule has 0 N–H and O–H groups in total. The number of hydrogen-bond donors (Lipinski definition) is 0. The van der Waals surface area contributed by atoms with Crippen molar-refractivity contribution in [2.24, 2.45) is 5.92 Å². The van der Waals surface area contributed by atoms with Gasteiger partial charge in [0.2, 0.25) is 0 Å². The number of benzene rings is 1. The lowest BCUT2D eigenvalue weighted by Crippen LogP contribution is -2.05. The summed E-state index contributed by atoms with van der Waals surface area (Å²) < 4.78 is 0. The van der Waals surface area contributed by atoms with Crippen LogP contribution in [0.15, 0.2) is 24.3 Å². The van der Waals surface area contributed by atoms with E-state index >= 15 is 0 Å². The molecule has 0 nitrogen and oxygen atoms in total. The van der Waals surface area contributed by atoms with Crippen LogP contribution in [0.2, 0.25) is 0 Å². The first-order chi connectivity index (χ1) is 9.38. The maximum atomic E-state index is 2.34. The molecule has 0 spiro atoms. The molecule has 0 unspecified atom stereocenters. The lowest BCUT2D eigenvalue weighted by molar-refractivity contribution is 0.330. The van der Waals surface area contributed by atoms with Crippen LogP contribution in [0.3, 0.4) is 0 Å². The number of rotatable bonds is 7.